The SMILES string of the molecule is CCC/C=C/C[C@@H]1C\C=C/C=C(C)\C=C/C=C\[C@@H](O)[C@H](O)\C=C(C)/C=C\C=C/C(=O)N1. The molecule has 0 bridgehead atoms. The van der Waals surface area contributed by atoms with Gasteiger partial charge in [-0.1, -0.05) is 103 Å². The Balaban J connectivity index is 3.01. The maximum atomic E-state index is 12.3. The molecule has 1 amide bonds. The molecule has 3 atom stereocenters. The topological polar surface area (TPSA) is 69.6 Å². The molecule has 1 heterocycles. The lowest BCUT2D eigenvalue weighted by atomic mass is 10.1. The highest BCUT2D eigenvalue weighted by atomic mass is 16.3. The van der Waals surface area contributed by atoms with E-state index in [4.69, 9.17) is 0 Å². The molecule has 0 saturated carbocycles. The summed E-state index contributed by atoms with van der Waals surface area (Å²) in [6.45, 7) is 5.96. The lowest BCUT2D eigenvalue weighted by Crippen LogP contribution is -2.32. The van der Waals surface area contributed by atoms with Gasteiger partial charge in [-0.05, 0) is 33.1 Å². The van der Waals surface area contributed by atoms with E-state index in [0.29, 0.717) is 0 Å². The minimum Gasteiger partial charge on any atom is -0.386 e. The number of amides is 1. The third-order valence-corrected chi connectivity index (χ3v) is 4.58. The smallest absolute Gasteiger partial charge is 0.244 e. The molecule has 0 radical (unpaired) electrons. The fraction of sp³-hybridized carbons (Fsp3) is 0.370. The van der Waals surface area contributed by atoms with E-state index >= 15 is 0 Å². The largest absolute Gasteiger partial charge is 0.386 e. The Hall–Kier alpha value is -2.69. The number of carbonyl (C=O) groups excluding carboxylic acids is 1. The molecule has 0 aromatic rings. The second-order valence-corrected chi connectivity index (χ2v) is 7.63. The second kappa shape index (κ2) is 16.1. The van der Waals surface area contributed by atoms with Gasteiger partial charge in [0.2, 0.25) is 5.91 Å². The molecule has 1 aliphatic heterocycles. The number of allylic oxidation sites excluding steroid dienone is 11. The van der Waals surface area contributed by atoms with Gasteiger partial charge in [0.25, 0.3) is 0 Å². The first-order valence-electron chi connectivity index (χ1n) is 11.0. The summed E-state index contributed by atoms with van der Waals surface area (Å²) in [6, 6.07) is 0.0292. The molecule has 1 aliphatic rings. The van der Waals surface area contributed by atoms with Crippen LogP contribution in [0, 0.1) is 0 Å². The molecular formula is C27H37NO3. The van der Waals surface area contributed by atoms with Crippen LogP contribution in [0.15, 0.2) is 96.2 Å². The van der Waals surface area contributed by atoms with Crippen molar-refractivity contribution in [3.63, 3.8) is 0 Å². The fourth-order valence-electron chi connectivity index (χ4n) is 2.80. The highest BCUT2D eigenvalue weighted by Crippen LogP contribution is 2.06. The minimum absolute atomic E-state index is 0.0292. The number of aliphatic hydroxyl groups is 2. The van der Waals surface area contributed by atoms with Crippen LogP contribution in [-0.2, 0) is 4.79 Å². The van der Waals surface area contributed by atoms with Crippen molar-refractivity contribution in [2.75, 3.05) is 0 Å². The Labute approximate surface area is 187 Å². The van der Waals surface area contributed by atoms with Crippen molar-refractivity contribution < 1.29 is 15.0 Å². The van der Waals surface area contributed by atoms with Gasteiger partial charge in [0.05, 0.1) is 0 Å². The summed E-state index contributed by atoms with van der Waals surface area (Å²) in [6.07, 6.45) is 27.3. The van der Waals surface area contributed by atoms with E-state index in [1.807, 2.05) is 38.2 Å². The average molecular weight is 424 g/mol. The summed E-state index contributed by atoms with van der Waals surface area (Å²) in [5, 5.41) is 23.2. The van der Waals surface area contributed by atoms with Gasteiger partial charge in [0.15, 0.2) is 0 Å². The molecule has 0 fully saturated rings. The van der Waals surface area contributed by atoms with Crippen LogP contribution in [-0.4, -0.2) is 34.4 Å². The molecule has 31 heavy (non-hydrogen) atoms. The van der Waals surface area contributed by atoms with Crippen molar-refractivity contribution in [2.45, 2.75) is 64.7 Å². The first-order chi connectivity index (χ1) is 14.9. The summed E-state index contributed by atoms with van der Waals surface area (Å²) >= 11 is 0. The molecular weight excluding hydrogens is 386 g/mol. The molecule has 4 nitrogen and oxygen atoms in total. The van der Waals surface area contributed by atoms with Crippen molar-refractivity contribution in [3.05, 3.63) is 96.2 Å². The molecule has 0 saturated heterocycles. The first kappa shape index (κ1) is 26.3. The lowest BCUT2D eigenvalue weighted by Gasteiger charge is -2.14. The predicted octanol–water partition coefficient (Wildman–Crippen LogP) is 5.02. The van der Waals surface area contributed by atoms with Crippen molar-refractivity contribution in [2.24, 2.45) is 0 Å². The highest BCUT2D eigenvalue weighted by molar-refractivity contribution is 5.88. The summed E-state index contributed by atoms with van der Waals surface area (Å²) in [5.41, 5.74) is 1.84. The third-order valence-electron chi connectivity index (χ3n) is 4.58. The van der Waals surface area contributed by atoms with Gasteiger partial charge in [-0.2, -0.15) is 0 Å². The molecule has 4 heteroatoms. The quantitative estimate of drug-likeness (QED) is 0.556. The van der Waals surface area contributed by atoms with Crippen LogP contribution in [0.1, 0.15) is 46.5 Å². The number of unbranched alkanes of at least 4 members (excludes halogenated alkanes) is 1. The summed E-state index contributed by atoms with van der Waals surface area (Å²) in [5.74, 6) is -0.141. The Morgan fingerprint density at radius 2 is 1.68 bits per heavy atom. The fourth-order valence-corrected chi connectivity index (χ4v) is 2.80. The summed E-state index contributed by atoms with van der Waals surface area (Å²) < 4.78 is 0. The number of nitrogens with one attached hydrogen (secondary N) is 1. The van der Waals surface area contributed by atoms with Crippen LogP contribution < -0.4 is 5.32 Å². The molecule has 0 aromatic carbocycles. The van der Waals surface area contributed by atoms with Gasteiger partial charge in [0, 0.05) is 12.1 Å². The Bertz CT molecular complexity index is 778. The number of hydrogen-bond donors (Lipinski definition) is 3. The highest BCUT2D eigenvalue weighted by Gasteiger charge is 2.09. The van der Waals surface area contributed by atoms with Gasteiger partial charge in [-0.15, -0.1) is 0 Å². The number of aliphatic hydroxyl groups excluding tert-OH is 2. The molecule has 0 aromatic heterocycles. The molecule has 168 valence electrons. The van der Waals surface area contributed by atoms with Crippen molar-refractivity contribution in [1.29, 1.82) is 0 Å². The monoisotopic (exact) mass is 423 g/mol. The van der Waals surface area contributed by atoms with E-state index in [2.05, 4.69) is 30.5 Å². The van der Waals surface area contributed by atoms with Crippen LogP contribution in [0.3, 0.4) is 0 Å². The van der Waals surface area contributed by atoms with Gasteiger partial charge < -0.3 is 15.5 Å². The lowest BCUT2D eigenvalue weighted by molar-refractivity contribution is -0.117. The van der Waals surface area contributed by atoms with E-state index in [0.717, 1.165) is 36.8 Å². The van der Waals surface area contributed by atoms with Crippen LogP contribution in [0.4, 0.5) is 0 Å². The molecule has 1 rings (SSSR count). The Morgan fingerprint density at radius 3 is 2.45 bits per heavy atom. The number of rotatable bonds is 4. The van der Waals surface area contributed by atoms with E-state index in [1.165, 1.54) is 6.08 Å². The second-order valence-electron chi connectivity index (χ2n) is 7.63. The predicted molar refractivity (Wildman–Crippen MR) is 130 cm³/mol. The Morgan fingerprint density at radius 1 is 0.968 bits per heavy atom. The Kier molecular flexibility index (Phi) is 13.6. The van der Waals surface area contributed by atoms with Crippen molar-refractivity contribution in [1.82, 2.24) is 5.32 Å². The minimum atomic E-state index is -1.01. The molecule has 3 N–H and O–H groups in total. The summed E-state index contributed by atoms with van der Waals surface area (Å²) in [7, 11) is 0. The standard InChI is InChI=1S/C27H37NO3/c1-4-5-6-7-17-24-18-11-8-14-22(2)15-9-12-19-25(29)26(30)21-23(3)16-10-13-20-27(31)28-24/h6-16,19-21,24-26,29-30H,4-5,17-18H2,1-3H3,(H,28,31)/b7-6+,11-8-,15-9-,16-10-,19-12-,20-13-,22-14-,23-21-/t24-,25-,26-/m1/s1. The van der Waals surface area contributed by atoms with Crippen LogP contribution in [0.2, 0.25) is 0 Å². The number of hydrogen-bond acceptors (Lipinski definition) is 3. The first-order valence-corrected chi connectivity index (χ1v) is 11.0. The maximum Gasteiger partial charge on any atom is 0.244 e. The summed E-state index contributed by atoms with van der Waals surface area (Å²) in [4.78, 5) is 12.3. The van der Waals surface area contributed by atoms with E-state index in [9.17, 15) is 15.0 Å². The zero-order valence-corrected chi connectivity index (χ0v) is 18.9. The maximum absolute atomic E-state index is 12.3. The van der Waals surface area contributed by atoms with Gasteiger partial charge >= 0.3 is 0 Å². The van der Waals surface area contributed by atoms with Crippen LogP contribution in [0.5, 0.6) is 0 Å². The number of carbonyl (C=O) groups is 1. The van der Waals surface area contributed by atoms with Crippen LogP contribution in [0.25, 0.3) is 0 Å². The van der Waals surface area contributed by atoms with Crippen molar-refractivity contribution in [3.8, 4) is 0 Å². The van der Waals surface area contributed by atoms with Crippen LogP contribution >= 0.6 is 0 Å². The van der Waals surface area contributed by atoms with Gasteiger partial charge in [-0.25, -0.2) is 0 Å². The average Bonchev–Trinajstić information content (AvgIpc) is 2.73. The van der Waals surface area contributed by atoms with Crippen molar-refractivity contribution >= 4 is 5.91 Å². The third kappa shape index (κ3) is 13.3. The van der Waals surface area contributed by atoms with E-state index in [1.54, 1.807) is 36.5 Å². The van der Waals surface area contributed by atoms with E-state index in [-0.39, 0.29) is 11.9 Å². The normalized spacial score (nSPS) is 32.7. The molecule has 0 aliphatic carbocycles. The molecule has 0 unspecified atom stereocenters. The van der Waals surface area contributed by atoms with Gasteiger partial charge in [0.1, 0.15) is 12.2 Å². The van der Waals surface area contributed by atoms with Gasteiger partial charge in [-0.3, -0.25) is 4.79 Å². The van der Waals surface area contributed by atoms with E-state index < -0.39 is 12.2 Å². The zero-order chi connectivity index (χ0) is 22.9. The zero-order valence-electron chi connectivity index (χ0n) is 18.9. The molecule has 0 spiro atoms.